The number of nitrogens with zero attached hydrogens (tertiary/aromatic N) is 2. The molecule has 0 unspecified atom stereocenters. The van der Waals surface area contributed by atoms with Crippen molar-refractivity contribution in [3.05, 3.63) is 118 Å². The highest BCUT2D eigenvalue weighted by atomic mass is 14.7. The lowest BCUT2D eigenvalue weighted by Crippen LogP contribution is -2.08. The Morgan fingerprint density at radius 2 is 0.882 bits per heavy atom. The minimum atomic E-state index is 0.250. The number of hydrogen-bond acceptors (Lipinski definition) is 4. The van der Waals surface area contributed by atoms with Gasteiger partial charge in [0.25, 0.3) is 0 Å². The molecule has 0 aromatic heterocycles. The van der Waals surface area contributed by atoms with Crippen LogP contribution in [0.4, 0.5) is 0 Å². The highest BCUT2D eigenvalue weighted by Crippen LogP contribution is 2.27. The zero-order chi connectivity index (χ0) is 24.5. The van der Waals surface area contributed by atoms with Gasteiger partial charge in [0.1, 0.15) is 0 Å². The lowest BCUT2D eigenvalue weighted by Gasteiger charge is -2.12. The average Bonchev–Trinajstić information content (AvgIpc) is 2.87. The molecule has 0 aliphatic rings. The molecule has 0 amide bonds. The quantitative estimate of drug-likeness (QED) is 0.387. The van der Waals surface area contributed by atoms with E-state index in [4.69, 9.17) is 10.5 Å². The van der Waals surface area contributed by atoms with E-state index >= 15 is 0 Å². The van der Waals surface area contributed by atoms with Gasteiger partial charge in [-0.05, 0) is 89.0 Å². The van der Waals surface area contributed by atoms with Crippen molar-refractivity contribution in [3.63, 3.8) is 0 Å². The van der Waals surface area contributed by atoms with Crippen molar-refractivity contribution in [2.24, 2.45) is 11.5 Å². The second kappa shape index (κ2) is 11.6. The highest BCUT2D eigenvalue weighted by Gasteiger charge is 2.07. The maximum atomic E-state index is 8.98. The van der Waals surface area contributed by atoms with E-state index in [-0.39, 0.29) is 6.67 Å². The molecule has 4 aromatic rings. The Hall–Kier alpha value is -4.22. The molecule has 0 atom stereocenters. The molecule has 0 saturated carbocycles. The van der Waals surface area contributed by atoms with E-state index in [0.717, 1.165) is 17.5 Å². The Morgan fingerprint density at radius 3 is 1.18 bits per heavy atom. The normalized spacial score (nSPS) is 9.94. The molecule has 4 rings (SSSR count). The van der Waals surface area contributed by atoms with E-state index in [2.05, 4.69) is 73.9 Å². The molecule has 0 fully saturated rings. The molecular formula is C30H28N4. The van der Waals surface area contributed by atoms with Crippen LogP contribution in [0.1, 0.15) is 33.4 Å². The van der Waals surface area contributed by atoms with Crippen LogP contribution >= 0.6 is 0 Å². The lowest BCUT2D eigenvalue weighted by molar-refractivity contribution is 1.07. The molecule has 0 radical (unpaired) electrons. The number of nitriles is 2. The van der Waals surface area contributed by atoms with Gasteiger partial charge in [0.05, 0.1) is 23.3 Å². The summed E-state index contributed by atoms with van der Waals surface area (Å²) in [5, 5.41) is 18.0. The molecule has 4 N–H and O–H groups in total. The molecule has 168 valence electrons. The summed E-state index contributed by atoms with van der Waals surface area (Å²) >= 11 is 0. The van der Waals surface area contributed by atoms with Crippen molar-refractivity contribution in [2.45, 2.75) is 20.3 Å². The van der Waals surface area contributed by atoms with Gasteiger partial charge in [-0.1, -0.05) is 60.7 Å². The minimum Gasteiger partial charge on any atom is -0.319 e. The third kappa shape index (κ3) is 5.97. The zero-order valence-corrected chi connectivity index (χ0v) is 19.5. The average molecular weight is 445 g/mol. The van der Waals surface area contributed by atoms with Gasteiger partial charge < -0.3 is 11.5 Å². The summed E-state index contributed by atoms with van der Waals surface area (Å²) < 4.78 is 0. The third-order valence-electron chi connectivity index (χ3n) is 5.76. The molecular weight excluding hydrogens is 416 g/mol. The lowest BCUT2D eigenvalue weighted by atomic mass is 9.92. The highest BCUT2D eigenvalue weighted by molar-refractivity contribution is 5.67. The number of nitrogens with two attached hydrogens (primary N) is 2. The summed E-state index contributed by atoms with van der Waals surface area (Å²) in [5.41, 5.74) is 20.3. The van der Waals surface area contributed by atoms with E-state index in [1.54, 1.807) is 0 Å². The minimum absolute atomic E-state index is 0.250. The Kier molecular flexibility index (Phi) is 8.32. The van der Waals surface area contributed by atoms with Crippen molar-refractivity contribution >= 4 is 0 Å². The molecule has 0 bridgehead atoms. The van der Waals surface area contributed by atoms with Gasteiger partial charge in [-0.15, -0.1) is 0 Å². The molecule has 4 heteroatoms. The van der Waals surface area contributed by atoms with Crippen molar-refractivity contribution in [1.29, 1.82) is 10.5 Å². The first-order chi connectivity index (χ1) is 16.5. The van der Waals surface area contributed by atoms with Gasteiger partial charge in [-0.3, -0.25) is 0 Å². The van der Waals surface area contributed by atoms with Crippen molar-refractivity contribution in [3.8, 4) is 34.4 Å². The van der Waals surface area contributed by atoms with Gasteiger partial charge in [-0.25, -0.2) is 0 Å². The first-order valence-electron chi connectivity index (χ1n) is 11.1. The van der Waals surface area contributed by atoms with Crippen molar-refractivity contribution < 1.29 is 0 Å². The first kappa shape index (κ1) is 24.4. The standard InChI is InChI=1S/C29H22N2.CH6N2/c1-20-15-28(24-7-3-22(18-30)4-8-24)13-11-26(20)17-27-12-14-29(16-21(27)2)25-9-5-23(19-31)6-10-25;2-1-3/h3-16H,17H2,1-2H3;1-3H2. The fraction of sp³-hybridized carbons (Fsp3) is 0.133. The Balaban J connectivity index is 0.00000103. The number of hydrogen-bond donors (Lipinski definition) is 2. The Morgan fingerprint density at radius 1 is 0.559 bits per heavy atom. The van der Waals surface area contributed by atoms with Crippen LogP contribution in [0.25, 0.3) is 22.3 Å². The molecule has 0 spiro atoms. The molecule has 0 aliphatic carbocycles. The van der Waals surface area contributed by atoms with Crippen LogP contribution < -0.4 is 11.5 Å². The maximum absolute atomic E-state index is 8.98. The van der Waals surface area contributed by atoms with Crippen LogP contribution in [0.5, 0.6) is 0 Å². The molecule has 4 nitrogen and oxygen atoms in total. The van der Waals surface area contributed by atoms with Gasteiger partial charge in [0.15, 0.2) is 0 Å². The summed E-state index contributed by atoms with van der Waals surface area (Å²) in [6, 6.07) is 32.9. The fourth-order valence-electron chi connectivity index (χ4n) is 3.83. The Labute approximate surface area is 201 Å². The predicted molar refractivity (Wildman–Crippen MR) is 139 cm³/mol. The van der Waals surface area contributed by atoms with Crippen LogP contribution in [-0.2, 0) is 6.42 Å². The van der Waals surface area contributed by atoms with E-state index < -0.39 is 0 Å². The predicted octanol–water partition coefficient (Wildman–Crippen LogP) is 5.83. The maximum Gasteiger partial charge on any atom is 0.0991 e. The second-order valence-electron chi connectivity index (χ2n) is 8.07. The molecule has 0 aliphatic heterocycles. The molecule has 0 saturated heterocycles. The van der Waals surface area contributed by atoms with E-state index in [9.17, 15) is 0 Å². The fourth-order valence-corrected chi connectivity index (χ4v) is 3.83. The first-order valence-corrected chi connectivity index (χ1v) is 11.1. The van der Waals surface area contributed by atoms with Gasteiger partial charge in [0, 0.05) is 6.67 Å². The monoisotopic (exact) mass is 444 g/mol. The number of benzene rings is 4. The van der Waals surface area contributed by atoms with Crippen LogP contribution in [-0.4, -0.2) is 6.67 Å². The smallest absolute Gasteiger partial charge is 0.0991 e. The Bertz CT molecular complexity index is 1230. The molecule has 4 aromatic carbocycles. The second-order valence-corrected chi connectivity index (χ2v) is 8.07. The van der Waals surface area contributed by atoms with Crippen LogP contribution in [0.3, 0.4) is 0 Å². The zero-order valence-electron chi connectivity index (χ0n) is 19.5. The van der Waals surface area contributed by atoms with Crippen LogP contribution in [0.2, 0.25) is 0 Å². The molecule has 34 heavy (non-hydrogen) atoms. The van der Waals surface area contributed by atoms with Gasteiger partial charge in [-0.2, -0.15) is 10.5 Å². The third-order valence-corrected chi connectivity index (χ3v) is 5.76. The number of rotatable bonds is 4. The van der Waals surface area contributed by atoms with Crippen LogP contribution in [0.15, 0.2) is 84.9 Å². The van der Waals surface area contributed by atoms with Gasteiger partial charge >= 0.3 is 0 Å². The van der Waals surface area contributed by atoms with Crippen molar-refractivity contribution in [2.75, 3.05) is 6.67 Å². The van der Waals surface area contributed by atoms with E-state index in [1.807, 2.05) is 48.5 Å². The van der Waals surface area contributed by atoms with E-state index in [1.165, 1.54) is 33.4 Å². The SMILES string of the molecule is Cc1cc(-c2ccc(C#N)cc2)ccc1Cc1ccc(-c2ccc(C#N)cc2)cc1C.NCN. The van der Waals surface area contributed by atoms with Crippen LogP contribution in [0, 0.1) is 36.5 Å². The number of aryl methyl sites for hydroxylation is 2. The van der Waals surface area contributed by atoms with Crippen molar-refractivity contribution in [1.82, 2.24) is 0 Å². The summed E-state index contributed by atoms with van der Waals surface area (Å²) in [5.74, 6) is 0. The summed E-state index contributed by atoms with van der Waals surface area (Å²) in [7, 11) is 0. The summed E-state index contributed by atoms with van der Waals surface area (Å²) in [4.78, 5) is 0. The van der Waals surface area contributed by atoms with Gasteiger partial charge in [0.2, 0.25) is 0 Å². The summed E-state index contributed by atoms with van der Waals surface area (Å²) in [6.07, 6.45) is 0.888. The van der Waals surface area contributed by atoms with E-state index in [0.29, 0.717) is 11.1 Å². The topological polar surface area (TPSA) is 99.6 Å². The molecule has 0 heterocycles. The summed E-state index contributed by atoms with van der Waals surface area (Å²) in [6.45, 7) is 4.56. The largest absolute Gasteiger partial charge is 0.319 e.